The van der Waals surface area contributed by atoms with Crippen LogP contribution in [0, 0.1) is 0 Å². The number of rotatable bonds is 5. The molecule has 0 radical (unpaired) electrons. The predicted molar refractivity (Wildman–Crippen MR) is 89.7 cm³/mol. The van der Waals surface area contributed by atoms with Gasteiger partial charge in [0.2, 0.25) is 0 Å². The summed E-state index contributed by atoms with van der Waals surface area (Å²) in [5, 5.41) is 0.894. The molecule has 0 amide bonds. The second-order valence-electron chi connectivity index (χ2n) is 4.72. The first-order valence-electron chi connectivity index (χ1n) is 6.84. The highest BCUT2D eigenvalue weighted by atomic mass is 32.2. The number of fused-ring (bicyclic) bond motifs is 1. The molecule has 5 nitrogen and oxygen atoms in total. The number of para-hydroxylation sites is 1. The molecule has 1 aromatic carbocycles. The van der Waals surface area contributed by atoms with Gasteiger partial charge in [-0.15, -0.1) is 11.8 Å². The molecule has 2 N–H and O–H groups in total. The summed E-state index contributed by atoms with van der Waals surface area (Å²) in [4.78, 5) is 13.2. The number of pyridine rings is 1. The van der Waals surface area contributed by atoms with E-state index >= 15 is 0 Å². The zero-order valence-electron chi connectivity index (χ0n) is 12.2. The first-order chi connectivity index (χ1) is 10.8. The Labute approximate surface area is 133 Å². The van der Waals surface area contributed by atoms with Crippen LogP contribution >= 0.6 is 11.8 Å². The van der Waals surface area contributed by atoms with Gasteiger partial charge in [0, 0.05) is 23.4 Å². The van der Waals surface area contributed by atoms with Crippen LogP contribution in [-0.2, 0) is 11.5 Å². The molecule has 0 bridgehead atoms. The molecule has 112 valence electrons. The number of thioether (sulfide) groups is 1. The summed E-state index contributed by atoms with van der Waals surface area (Å²) in [5.74, 6) is 3.54. The second-order valence-corrected chi connectivity index (χ2v) is 5.71. The highest BCUT2D eigenvalue weighted by Gasteiger charge is 2.05. The van der Waals surface area contributed by atoms with Crippen molar-refractivity contribution in [2.75, 3.05) is 12.8 Å². The van der Waals surface area contributed by atoms with E-state index in [9.17, 15) is 0 Å². The Morgan fingerprint density at radius 2 is 2.00 bits per heavy atom. The largest absolute Gasteiger partial charge is 0.497 e. The minimum absolute atomic E-state index is 0.528. The third kappa shape index (κ3) is 3.28. The van der Waals surface area contributed by atoms with E-state index in [1.165, 1.54) is 0 Å². The molecule has 2 aromatic heterocycles. The van der Waals surface area contributed by atoms with E-state index in [0.717, 1.165) is 33.9 Å². The maximum absolute atomic E-state index is 5.99. The van der Waals surface area contributed by atoms with Gasteiger partial charge in [0.15, 0.2) is 0 Å². The number of aromatic nitrogens is 3. The van der Waals surface area contributed by atoms with E-state index in [-0.39, 0.29) is 0 Å². The lowest BCUT2D eigenvalue weighted by Gasteiger charge is -2.06. The van der Waals surface area contributed by atoms with Gasteiger partial charge in [-0.05, 0) is 18.2 Å². The molecular formula is C16H16N4OS. The molecular weight excluding hydrogens is 296 g/mol. The molecule has 0 aliphatic carbocycles. The van der Waals surface area contributed by atoms with Crippen molar-refractivity contribution in [2.24, 2.45) is 0 Å². The SMILES string of the molecule is COc1ccnc(CSCc2nc(N)c3ccccc3n2)c1. The van der Waals surface area contributed by atoms with Crippen molar-refractivity contribution in [1.29, 1.82) is 0 Å². The Morgan fingerprint density at radius 1 is 1.14 bits per heavy atom. The van der Waals surface area contributed by atoms with Crippen LogP contribution in [0.15, 0.2) is 42.6 Å². The number of hydrogen-bond donors (Lipinski definition) is 1. The number of nitrogens with two attached hydrogens (primary N) is 1. The lowest BCUT2D eigenvalue weighted by molar-refractivity contribution is 0.413. The summed E-state index contributed by atoms with van der Waals surface area (Å²) in [6.45, 7) is 0. The average Bonchev–Trinajstić information content (AvgIpc) is 2.55. The summed E-state index contributed by atoms with van der Waals surface area (Å²) in [6, 6.07) is 11.5. The summed E-state index contributed by atoms with van der Waals surface area (Å²) in [5.41, 5.74) is 7.84. The third-order valence-electron chi connectivity index (χ3n) is 3.18. The van der Waals surface area contributed by atoms with Gasteiger partial charge < -0.3 is 10.5 Å². The van der Waals surface area contributed by atoms with Crippen LogP contribution in [0.5, 0.6) is 5.75 Å². The number of nitrogen functional groups attached to an aromatic ring is 1. The van der Waals surface area contributed by atoms with Crippen LogP contribution in [0.1, 0.15) is 11.5 Å². The van der Waals surface area contributed by atoms with Gasteiger partial charge >= 0.3 is 0 Å². The zero-order chi connectivity index (χ0) is 15.4. The number of nitrogens with zero attached hydrogens (tertiary/aromatic N) is 3. The van der Waals surface area contributed by atoms with E-state index in [4.69, 9.17) is 10.5 Å². The lowest BCUT2D eigenvalue weighted by atomic mass is 10.2. The van der Waals surface area contributed by atoms with E-state index in [0.29, 0.717) is 11.6 Å². The van der Waals surface area contributed by atoms with Gasteiger partial charge in [-0.3, -0.25) is 4.98 Å². The third-order valence-corrected chi connectivity index (χ3v) is 4.15. The highest BCUT2D eigenvalue weighted by molar-refractivity contribution is 7.97. The van der Waals surface area contributed by atoms with Crippen LogP contribution in [0.4, 0.5) is 5.82 Å². The van der Waals surface area contributed by atoms with E-state index in [2.05, 4.69) is 15.0 Å². The Kier molecular flexibility index (Phi) is 4.39. The molecule has 22 heavy (non-hydrogen) atoms. The van der Waals surface area contributed by atoms with E-state index in [1.54, 1.807) is 25.1 Å². The summed E-state index contributed by atoms with van der Waals surface area (Å²) >= 11 is 1.70. The first kappa shape index (κ1) is 14.6. The Morgan fingerprint density at radius 3 is 2.86 bits per heavy atom. The minimum atomic E-state index is 0.528. The normalized spacial score (nSPS) is 10.8. The molecule has 0 saturated heterocycles. The van der Waals surface area contributed by atoms with Crippen molar-refractivity contribution in [3.8, 4) is 5.75 Å². The van der Waals surface area contributed by atoms with Crippen LogP contribution in [0.25, 0.3) is 10.9 Å². The second kappa shape index (κ2) is 6.62. The standard InChI is InChI=1S/C16H16N4OS/c1-21-12-6-7-18-11(8-12)9-22-10-15-19-14-5-3-2-4-13(14)16(17)20-15/h2-8H,9-10H2,1H3,(H2,17,19,20). The number of benzene rings is 1. The topological polar surface area (TPSA) is 73.9 Å². The van der Waals surface area contributed by atoms with Crippen molar-refractivity contribution in [1.82, 2.24) is 15.0 Å². The number of anilines is 1. The minimum Gasteiger partial charge on any atom is -0.497 e. The van der Waals surface area contributed by atoms with E-state index in [1.807, 2.05) is 36.4 Å². The lowest BCUT2D eigenvalue weighted by Crippen LogP contribution is -2.00. The van der Waals surface area contributed by atoms with Crippen LogP contribution in [-0.4, -0.2) is 22.1 Å². The first-order valence-corrected chi connectivity index (χ1v) is 7.99. The van der Waals surface area contributed by atoms with Gasteiger partial charge in [-0.1, -0.05) is 12.1 Å². The molecule has 2 heterocycles. The quantitative estimate of drug-likeness (QED) is 0.780. The fourth-order valence-corrected chi connectivity index (χ4v) is 2.91. The van der Waals surface area contributed by atoms with Crippen molar-refractivity contribution in [3.05, 3.63) is 54.1 Å². The fraction of sp³-hybridized carbons (Fsp3) is 0.188. The molecule has 0 saturated carbocycles. The molecule has 0 atom stereocenters. The highest BCUT2D eigenvalue weighted by Crippen LogP contribution is 2.21. The van der Waals surface area contributed by atoms with Gasteiger partial charge in [-0.25, -0.2) is 9.97 Å². The number of methoxy groups -OCH3 is 1. The molecule has 3 aromatic rings. The molecule has 0 unspecified atom stereocenters. The van der Waals surface area contributed by atoms with E-state index < -0.39 is 0 Å². The molecule has 0 spiro atoms. The molecule has 0 aliphatic heterocycles. The number of hydrogen-bond acceptors (Lipinski definition) is 6. The maximum Gasteiger partial charge on any atom is 0.141 e. The molecule has 0 aliphatic rings. The predicted octanol–water partition coefficient (Wildman–Crippen LogP) is 3.05. The zero-order valence-corrected chi connectivity index (χ0v) is 13.0. The van der Waals surface area contributed by atoms with Crippen molar-refractivity contribution >= 4 is 28.5 Å². The van der Waals surface area contributed by atoms with Crippen molar-refractivity contribution in [3.63, 3.8) is 0 Å². The van der Waals surface area contributed by atoms with Crippen LogP contribution in [0.3, 0.4) is 0 Å². The Balaban J connectivity index is 1.68. The van der Waals surface area contributed by atoms with Crippen LogP contribution in [0.2, 0.25) is 0 Å². The fourth-order valence-electron chi connectivity index (χ4n) is 2.12. The summed E-state index contributed by atoms with van der Waals surface area (Å²) in [7, 11) is 1.65. The Bertz CT molecular complexity index is 794. The average molecular weight is 312 g/mol. The summed E-state index contributed by atoms with van der Waals surface area (Å²) < 4.78 is 5.19. The Hall–Kier alpha value is -2.34. The molecule has 0 fully saturated rings. The molecule has 3 rings (SSSR count). The van der Waals surface area contributed by atoms with Gasteiger partial charge in [0.25, 0.3) is 0 Å². The van der Waals surface area contributed by atoms with Crippen molar-refractivity contribution < 1.29 is 4.74 Å². The van der Waals surface area contributed by atoms with Crippen molar-refractivity contribution in [2.45, 2.75) is 11.5 Å². The summed E-state index contributed by atoms with van der Waals surface area (Å²) in [6.07, 6.45) is 1.75. The molecule has 6 heteroatoms. The van der Waals surface area contributed by atoms with Crippen LogP contribution < -0.4 is 10.5 Å². The number of ether oxygens (including phenoxy) is 1. The smallest absolute Gasteiger partial charge is 0.141 e. The van der Waals surface area contributed by atoms with Gasteiger partial charge in [-0.2, -0.15) is 0 Å². The monoisotopic (exact) mass is 312 g/mol. The van der Waals surface area contributed by atoms with Gasteiger partial charge in [0.05, 0.1) is 24.1 Å². The maximum atomic E-state index is 5.99. The van der Waals surface area contributed by atoms with Gasteiger partial charge in [0.1, 0.15) is 17.4 Å².